The van der Waals surface area contributed by atoms with Crippen LogP contribution in [0.4, 0.5) is 0 Å². The molecule has 0 bridgehead atoms. The molecule has 0 aliphatic heterocycles. The van der Waals surface area contributed by atoms with E-state index in [4.69, 9.17) is 25.8 Å². The number of ether oxygens (including phenoxy) is 3. The number of carbonyl (C=O) groups is 1. The Kier molecular flexibility index (Phi) is 5.04. The minimum atomic E-state index is -0.217. The van der Waals surface area contributed by atoms with Gasteiger partial charge in [-0.15, -0.1) is 0 Å². The van der Waals surface area contributed by atoms with Crippen LogP contribution in [0, 0.1) is 0 Å². The molecule has 0 saturated heterocycles. The zero-order chi connectivity index (χ0) is 18.0. The summed E-state index contributed by atoms with van der Waals surface area (Å²) in [5, 5.41) is 3.79. The molecular weight excluding hydrogens is 342 g/mol. The molecule has 1 atom stereocenters. The molecule has 0 spiro atoms. The lowest BCUT2D eigenvalue weighted by molar-refractivity contribution is 0.0933. The molecule has 1 aliphatic rings. The van der Waals surface area contributed by atoms with E-state index in [2.05, 4.69) is 5.32 Å². The number of hydrogen-bond donors (Lipinski definition) is 1. The summed E-state index contributed by atoms with van der Waals surface area (Å²) in [5.74, 6) is 1.05. The second kappa shape index (κ2) is 7.23. The number of amides is 1. The van der Waals surface area contributed by atoms with Crippen LogP contribution in [0.5, 0.6) is 17.2 Å². The molecule has 0 saturated carbocycles. The molecule has 6 heteroatoms. The molecule has 2 aromatic carbocycles. The minimum Gasteiger partial charge on any atom is -0.493 e. The van der Waals surface area contributed by atoms with Gasteiger partial charge in [0.2, 0.25) is 5.75 Å². The van der Waals surface area contributed by atoms with E-state index in [-0.39, 0.29) is 11.9 Å². The number of aryl methyl sites for hydroxylation is 1. The van der Waals surface area contributed by atoms with Crippen molar-refractivity contribution < 1.29 is 19.0 Å². The second-order valence-electron chi connectivity index (χ2n) is 5.79. The Morgan fingerprint density at radius 3 is 2.52 bits per heavy atom. The molecule has 5 nitrogen and oxygen atoms in total. The van der Waals surface area contributed by atoms with Gasteiger partial charge in [-0.3, -0.25) is 4.79 Å². The maximum Gasteiger partial charge on any atom is 0.255 e. The van der Waals surface area contributed by atoms with E-state index in [0.717, 1.165) is 18.4 Å². The van der Waals surface area contributed by atoms with Gasteiger partial charge in [0.1, 0.15) is 0 Å². The normalized spacial score (nSPS) is 15.4. The molecule has 25 heavy (non-hydrogen) atoms. The van der Waals surface area contributed by atoms with Gasteiger partial charge in [0, 0.05) is 5.02 Å². The van der Waals surface area contributed by atoms with Crippen LogP contribution in [-0.4, -0.2) is 27.2 Å². The summed E-state index contributed by atoms with van der Waals surface area (Å²) in [5.41, 5.74) is 2.69. The quantitative estimate of drug-likeness (QED) is 0.880. The topological polar surface area (TPSA) is 56.8 Å². The largest absolute Gasteiger partial charge is 0.493 e. The number of carbonyl (C=O) groups excluding carboxylic acids is 1. The molecule has 3 rings (SSSR count). The molecule has 1 unspecified atom stereocenters. The van der Waals surface area contributed by atoms with E-state index in [1.807, 2.05) is 18.2 Å². The standard InChI is InChI=1S/C19H20ClNO4/c1-23-16-9-7-14(17(24-2)18(16)25-3)19(22)21-15-8-4-11-10-12(20)5-6-13(11)15/h5-7,9-10,15H,4,8H2,1-3H3,(H,21,22). The third-order valence-electron chi connectivity index (χ3n) is 4.44. The maximum atomic E-state index is 12.8. The number of halogens is 1. The molecular formula is C19H20ClNO4. The first-order chi connectivity index (χ1) is 12.1. The van der Waals surface area contributed by atoms with E-state index in [9.17, 15) is 4.79 Å². The van der Waals surface area contributed by atoms with Gasteiger partial charge in [-0.25, -0.2) is 0 Å². The SMILES string of the molecule is COc1ccc(C(=O)NC2CCc3cc(Cl)ccc32)c(OC)c1OC. The second-order valence-corrected chi connectivity index (χ2v) is 6.23. The Labute approximate surface area is 151 Å². The Morgan fingerprint density at radius 2 is 1.84 bits per heavy atom. The summed E-state index contributed by atoms with van der Waals surface area (Å²) >= 11 is 6.04. The lowest BCUT2D eigenvalue weighted by atomic mass is 10.1. The first kappa shape index (κ1) is 17.4. The van der Waals surface area contributed by atoms with E-state index in [1.54, 1.807) is 12.1 Å². The molecule has 1 N–H and O–H groups in total. The van der Waals surface area contributed by atoms with Crippen molar-refractivity contribution in [3.8, 4) is 17.2 Å². The predicted molar refractivity (Wildman–Crippen MR) is 96.1 cm³/mol. The fraction of sp³-hybridized carbons (Fsp3) is 0.316. The predicted octanol–water partition coefficient (Wildman–Crippen LogP) is 3.78. The van der Waals surface area contributed by atoms with Crippen molar-refractivity contribution in [1.29, 1.82) is 0 Å². The van der Waals surface area contributed by atoms with Crippen molar-refractivity contribution >= 4 is 17.5 Å². The average molecular weight is 362 g/mol. The molecule has 1 aliphatic carbocycles. The van der Waals surface area contributed by atoms with Crippen molar-refractivity contribution in [3.05, 3.63) is 52.0 Å². The fourth-order valence-electron chi connectivity index (χ4n) is 3.25. The van der Waals surface area contributed by atoms with Gasteiger partial charge in [-0.2, -0.15) is 0 Å². The van der Waals surface area contributed by atoms with Crippen LogP contribution in [0.2, 0.25) is 5.02 Å². The molecule has 2 aromatic rings. The summed E-state index contributed by atoms with van der Waals surface area (Å²) < 4.78 is 16.0. The van der Waals surface area contributed by atoms with Crippen molar-refractivity contribution in [2.75, 3.05) is 21.3 Å². The first-order valence-corrected chi connectivity index (χ1v) is 8.35. The fourth-order valence-corrected chi connectivity index (χ4v) is 3.45. The van der Waals surface area contributed by atoms with Crippen LogP contribution in [0.3, 0.4) is 0 Å². The van der Waals surface area contributed by atoms with Crippen molar-refractivity contribution in [3.63, 3.8) is 0 Å². The highest BCUT2D eigenvalue weighted by molar-refractivity contribution is 6.30. The maximum absolute atomic E-state index is 12.8. The number of hydrogen-bond acceptors (Lipinski definition) is 4. The summed E-state index contributed by atoms with van der Waals surface area (Å²) in [7, 11) is 4.55. The van der Waals surface area contributed by atoms with Crippen molar-refractivity contribution in [2.24, 2.45) is 0 Å². The Hall–Kier alpha value is -2.40. The Bertz CT molecular complexity index is 806. The van der Waals surface area contributed by atoms with Gasteiger partial charge in [0.25, 0.3) is 5.91 Å². The molecule has 1 amide bonds. The third-order valence-corrected chi connectivity index (χ3v) is 4.67. The smallest absolute Gasteiger partial charge is 0.255 e. The van der Waals surface area contributed by atoms with Gasteiger partial charge in [0.15, 0.2) is 11.5 Å². The van der Waals surface area contributed by atoms with Gasteiger partial charge in [-0.1, -0.05) is 17.7 Å². The zero-order valence-corrected chi connectivity index (χ0v) is 15.1. The summed E-state index contributed by atoms with van der Waals surface area (Å²) in [6.45, 7) is 0. The van der Waals surface area contributed by atoms with E-state index >= 15 is 0 Å². The van der Waals surface area contributed by atoms with Gasteiger partial charge in [-0.05, 0) is 48.2 Å². The van der Waals surface area contributed by atoms with Gasteiger partial charge >= 0.3 is 0 Å². The monoisotopic (exact) mass is 361 g/mol. The summed E-state index contributed by atoms with van der Waals surface area (Å²) in [6, 6.07) is 9.10. The van der Waals surface area contributed by atoms with Crippen LogP contribution in [0.25, 0.3) is 0 Å². The van der Waals surface area contributed by atoms with Crippen molar-refractivity contribution in [1.82, 2.24) is 5.32 Å². The number of methoxy groups -OCH3 is 3. The molecule has 0 fully saturated rings. The van der Waals surface area contributed by atoms with E-state index < -0.39 is 0 Å². The third kappa shape index (κ3) is 3.24. The van der Waals surface area contributed by atoms with Crippen LogP contribution in [0.15, 0.2) is 30.3 Å². The summed E-state index contributed by atoms with van der Waals surface area (Å²) in [6.07, 6.45) is 1.74. The number of benzene rings is 2. The number of fused-ring (bicyclic) bond motifs is 1. The summed E-state index contributed by atoms with van der Waals surface area (Å²) in [4.78, 5) is 12.8. The highest BCUT2D eigenvalue weighted by atomic mass is 35.5. The van der Waals surface area contributed by atoms with Gasteiger partial charge in [0.05, 0.1) is 32.9 Å². The number of rotatable bonds is 5. The van der Waals surface area contributed by atoms with Crippen molar-refractivity contribution in [2.45, 2.75) is 18.9 Å². The lowest BCUT2D eigenvalue weighted by Crippen LogP contribution is -2.27. The molecule has 0 radical (unpaired) electrons. The number of nitrogens with one attached hydrogen (secondary N) is 1. The van der Waals surface area contributed by atoms with Crippen LogP contribution < -0.4 is 19.5 Å². The average Bonchev–Trinajstić information content (AvgIpc) is 3.01. The zero-order valence-electron chi connectivity index (χ0n) is 14.4. The van der Waals surface area contributed by atoms with E-state index in [0.29, 0.717) is 27.8 Å². The van der Waals surface area contributed by atoms with Crippen LogP contribution >= 0.6 is 11.6 Å². The highest BCUT2D eigenvalue weighted by Crippen LogP contribution is 2.40. The van der Waals surface area contributed by atoms with Crippen LogP contribution in [-0.2, 0) is 6.42 Å². The Balaban J connectivity index is 1.88. The van der Waals surface area contributed by atoms with Gasteiger partial charge < -0.3 is 19.5 Å². The highest BCUT2D eigenvalue weighted by Gasteiger charge is 2.27. The lowest BCUT2D eigenvalue weighted by Gasteiger charge is -2.18. The first-order valence-electron chi connectivity index (χ1n) is 7.97. The Morgan fingerprint density at radius 1 is 1.08 bits per heavy atom. The van der Waals surface area contributed by atoms with Crippen LogP contribution in [0.1, 0.15) is 33.9 Å². The molecule has 0 heterocycles. The van der Waals surface area contributed by atoms with E-state index in [1.165, 1.54) is 26.9 Å². The minimum absolute atomic E-state index is 0.0439. The molecule has 0 aromatic heterocycles. The molecule has 132 valence electrons.